The number of halogens is 2. The summed E-state index contributed by atoms with van der Waals surface area (Å²) in [5, 5.41) is 47.1. The molecule has 0 aliphatic rings. The highest BCUT2D eigenvalue weighted by molar-refractivity contribution is 7.85. The first-order chi connectivity index (χ1) is 17.9. The molecule has 3 aromatic rings. The third-order valence-corrected chi connectivity index (χ3v) is 5.52. The lowest BCUT2D eigenvalue weighted by atomic mass is 10.2. The summed E-state index contributed by atoms with van der Waals surface area (Å²) in [6.07, 6.45) is -2.16. The first-order valence-electron chi connectivity index (χ1n) is 10.5. The maximum atomic E-state index is 11.9. The third-order valence-electron chi connectivity index (χ3n) is 4.35. The van der Waals surface area contributed by atoms with Crippen LogP contribution in [0.25, 0.3) is 0 Å². The van der Waals surface area contributed by atoms with E-state index in [1.54, 1.807) is 0 Å². The Morgan fingerprint density at radius 1 is 0.711 bits per heavy atom. The highest BCUT2D eigenvalue weighted by Gasteiger charge is 2.16. The van der Waals surface area contributed by atoms with Gasteiger partial charge in [0.2, 0.25) is 34.4 Å². The van der Waals surface area contributed by atoms with Crippen molar-refractivity contribution in [3.8, 4) is 0 Å². The van der Waals surface area contributed by atoms with Gasteiger partial charge in [-0.1, -0.05) is 0 Å². The molecule has 0 fully saturated rings. The second-order valence-electron chi connectivity index (χ2n) is 7.41. The Kier molecular flexibility index (Phi) is 10.1. The highest BCUT2D eigenvalue weighted by atomic mass is 35.5. The maximum absolute atomic E-state index is 11.9. The molecular weight excluding hydrogens is 571 g/mol. The van der Waals surface area contributed by atoms with Crippen LogP contribution in [0, 0.1) is 0 Å². The van der Waals surface area contributed by atoms with Crippen molar-refractivity contribution in [2.45, 2.75) is 17.1 Å². The Labute approximate surface area is 225 Å². The third kappa shape index (κ3) is 8.96. The first kappa shape index (κ1) is 29.3. The molecule has 0 saturated heterocycles. The number of aliphatic hydroxyl groups is 4. The summed E-state index contributed by atoms with van der Waals surface area (Å²) in [5.41, 5.74) is 0.159. The molecule has 3 rings (SSSR count). The van der Waals surface area contributed by atoms with Gasteiger partial charge < -0.3 is 41.7 Å². The molecule has 0 saturated carbocycles. The Bertz CT molecular complexity index is 1290. The summed E-state index contributed by atoms with van der Waals surface area (Å²) in [5.74, 6) is -0.339. The fourth-order valence-electron chi connectivity index (χ4n) is 2.67. The van der Waals surface area contributed by atoms with Crippen LogP contribution in [0.3, 0.4) is 0 Å². The molecule has 2 atom stereocenters. The van der Waals surface area contributed by atoms with E-state index in [1.165, 1.54) is 6.07 Å². The van der Waals surface area contributed by atoms with Gasteiger partial charge in [-0.25, -0.2) is 0 Å². The molecular formula is C18H22Cl2N10O7S. The summed E-state index contributed by atoms with van der Waals surface area (Å²) in [6, 6.07) is 3.57. The monoisotopic (exact) mass is 592 g/mol. The van der Waals surface area contributed by atoms with Crippen LogP contribution >= 0.6 is 23.2 Å². The van der Waals surface area contributed by atoms with Crippen LogP contribution in [0.1, 0.15) is 0 Å². The van der Waals surface area contributed by atoms with Crippen molar-refractivity contribution < 1.29 is 33.4 Å². The van der Waals surface area contributed by atoms with Crippen LogP contribution in [0.15, 0.2) is 23.1 Å². The highest BCUT2D eigenvalue weighted by Crippen LogP contribution is 2.27. The van der Waals surface area contributed by atoms with Gasteiger partial charge in [0.25, 0.3) is 10.1 Å². The lowest BCUT2D eigenvalue weighted by molar-refractivity contribution is 0.105. The van der Waals surface area contributed by atoms with Crippen LogP contribution in [-0.4, -0.2) is 102 Å². The van der Waals surface area contributed by atoms with E-state index in [0.717, 1.165) is 12.1 Å². The Morgan fingerprint density at radius 3 is 1.47 bits per heavy atom. The van der Waals surface area contributed by atoms with Gasteiger partial charge in [-0.3, -0.25) is 4.55 Å². The van der Waals surface area contributed by atoms with Crippen molar-refractivity contribution in [3.05, 3.63) is 28.8 Å². The molecule has 1 aromatic carbocycles. The summed E-state index contributed by atoms with van der Waals surface area (Å²) in [7, 11) is -4.67. The van der Waals surface area contributed by atoms with E-state index in [0.29, 0.717) is 0 Å². The van der Waals surface area contributed by atoms with Crippen LogP contribution in [0.5, 0.6) is 0 Å². The number of benzene rings is 1. The number of aromatic nitrogens is 6. The van der Waals surface area contributed by atoms with Crippen molar-refractivity contribution in [2.24, 2.45) is 0 Å². The molecule has 0 aliphatic heterocycles. The van der Waals surface area contributed by atoms with Gasteiger partial charge in [-0.05, 0) is 41.4 Å². The molecule has 9 N–H and O–H groups in total. The van der Waals surface area contributed by atoms with E-state index < -0.39 is 40.4 Å². The standard InChI is InChI=1S/C18H22Cl2N10O7S/c19-13-25-15(21-4-10(33)6-31)29-17(27-13)23-8-1-9(3-12(2-8)38(35,36)37)24-18-28-14(20)26-16(30-18)22-5-11(34)7-32/h1-3,10-11,31-34H,4-7H2,(H,35,36,37)(H2,21,23,25,27,29)(H2,22,24,26,28,30). The van der Waals surface area contributed by atoms with Gasteiger partial charge >= 0.3 is 0 Å². The number of hydrogen-bond acceptors (Lipinski definition) is 16. The fourth-order valence-corrected chi connectivity index (χ4v) is 3.54. The van der Waals surface area contributed by atoms with E-state index >= 15 is 0 Å². The topological polar surface area (TPSA) is 261 Å². The van der Waals surface area contributed by atoms with Gasteiger partial charge in [0.05, 0.1) is 30.3 Å². The lowest BCUT2D eigenvalue weighted by Crippen LogP contribution is -2.24. The molecule has 2 heterocycles. The van der Waals surface area contributed by atoms with Gasteiger partial charge in [0.15, 0.2) is 0 Å². The SMILES string of the molecule is O=S(=O)(O)c1cc(Nc2nc(Cl)nc(NCC(O)CO)n2)cc(Nc2nc(Cl)nc(NCC(O)CO)n2)c1. The summed E-state index contributed by atoms with van der Waals surface area (Å²) in [4.78, 5) is 23.1. The number of nitrogens with zero attached hydrogens (tertiary/aromatic N) is 6. The second-order valence-corrected chi connectivity index (χ2v) is 9.51. The molecule has 0 aliphatic carbocycles. The Morgan fingerprint density at radius 2 is 1.11 bits per heavy atom. The minimum absolute atomic E-state index is 0.0459. The van der Waals surface area contributed by atoms with Crippen molar-refractivity contribution in [1.29, 1.82) is 0 Å². The zero-order chi connectivity index (χ0) is 27.9. The predicted molar refractivity (Wildman–Crippen MR) is 136 cm³/mol. The van der Waals surface area contributed by atoms with Crippen molar-refractivity contribution >= 4 is 68.5 Å². The second kappa shape index (κ2) is 13.0. The summed E-state index contributed by atoms with van der Waals surface area (Å²) >= 11 is 11.8. The van der Waals surface area contributed by atoms with Gasteiger partial charge in [0.1, 0.15) is 0 Å². The zero-order valence-electron chi connectivity index (χ0n) is 19.1. The largest absolute Gasteiger partial charge is 0.394 e. The minimum atomic E-state index is -4.67. The van der Waals surface area contributed by atoms with Gasteiger partial charge in [-0.2, -0.15) is 38.3 Å². The van der Waals surface area contributed by atoms with Crippen LogP contribution in [-0.2, 0) is 10.1 Å². The van der Waals surface area contributed by atoms with E-state index in [2.05, 4.69) is 51.2 Å². The lowest BCUT2D eigenvalue weighted by Gasteiger charge is -2.13. The number of hydrogen-bond donors (Lipinski definition) is 9. The van der Waals surface area contributed by atoms with E-state index in [4.69, 9.17) is 33.4 Å². The predicted octanol–water partition coefficient (Wildman–Crippen LogP) is -0.373. The van der Waals surface area contributed by atoms with Crippen LogP contribution < -0.4 is 21.3 Å². The summed E-state index contributed by atoms with van der Waals surface area (Å²) < 4.78 is 33.4. The fraction of sp³-hybridized carbons (Fsp3) is 0.333. The molecule has 20 heteroatoms. The van der Waals surface area contributed by atoms with E-state index in [9.17, 15) is 23.2 Å². The van der Waals surface area contributed by atoms with Crippen LogP contribution in [0.4, 0.5) is 35.2 Å². The molecule has 2 aromatic heterocycles. The van der Waals surface area contributed by atoms with E-state index in [1.807, 2.05) is 0 Å². The number of anilines is 6. The van der Waals surface area contributed by atoms with Gasteiger partial charge in [-0.15, -0.1) is 0 Å². The average Bonchev–Trinajstić information content (AvgIpc) is 2.84. The van der Waals surface area contributed by atoms with E-state index in [-0.39, 0.29) is 58.8 Å². The quantitative estimate of drug-likeness (QED) is 0.114. The zero-order valence-corrected chi connectivity index (χ0v) is 21.4. The number of nitrogens with one attached hydrogen (secondary N) is 4. The molecule has 38 heavy (non-hydrogen) atoms. The molecule has 17 nitrogen and oxygen atoms in total. The average molecular weight is 593 g/mol. The van der Waals surface area contributed by atoms with Crippen molar-refractivity contribution in [3.63, 3.8) is 0 Å². The summed E-state index contributed by atoms with van der Waals surface area (Å²) in [6.45, 7) is -1.17. The minimum Gasteiger partial charge on any atom is -0.394 e. The van der Waals surface area contributed by atoms with Crippen LogP contribution in [0.2, 0.25) is 10.6 Å². The Hall–Kier alpha value is -3.23. The van der Waals surface area contributed by atoms with Crippen molar-refractivity contribution in [2.75, 3.05) is 47.6 Å². The molecule has 2 unspecified atom stereocenters. The maximum Gasteiger partial charge on any atom is 0.294 e. The normalized spacial score (nSPS) is 13.0. The Balaban J connectivity index is 1.89. The van der Waals surface area contributed by atoms with Gasteiger partial charge in [0, 0.05) is 24.5 Å². The molecule has 0 amide bonds. The number of aliphatic hydroxyl groups excluding tert-OH is 4. The molecule has 206 valence electrons. The molecule has 0 radical (unpaired) electrons. The molecule has 0 spiro atoms. The smallest absolute Gasteiger partial charge is 0.294 e. The number of rotatable bonds is 13. The first-order valence-corrected chi connectivity index (χ1v) is 12.7. The van der Waals surface area contributed by atoms with Crippen molar-refractivity contribution in [1.82, 2.24) is 29.9 Å². The molecule has 0 bridgehead atoms.